The second kappa shape index (κ2) is 5.70. The number of fused-ring (bicyclic) bond motifs is 1. The molecule has 6 heteroatoms. The van der Waals surface area contributed by atoms with E-state index in [0.717, 1.165) is 5.56 Å². The van der Waals surface area contributed by atoms with Crippen LogP contribution in [-0.2, 0) is 14.8 Å². The molecule has 0 spiro atoms. The maximum Gasteiger partial charge on any atom is 0.264 e. The van der Waals surface area contributed by atoms with Crippen LogP contribution >= 0.6 is 0 Å². The highest BCUT2D eigenvalue weighted by Gasteiger charge is 2.31. The molecule has 0 fully saturated rings. The summed E-state index contributed by atoms with van der Waals surface area (Å²) >= 11 is 0. The summed E-state index contributed by atoms with van der Waals surface area (Å²) < 4.78 is 27.4. The summed E-state index contributed by atoms with van der Waals surface area (Å²) in [6, 6.07) is 13.8. The largest absolute Gasteiger partial charge is 0.313 e. The van der Waals surface area contributed by atoms with E-state index in [1.165, 1.54) is 9.21 Å². The number of para-hydroxylation sites is 2. The van der Waals surface area contributed by atoms with Gasteiger partial charge in [-0.05, 0) is 31.2 Å². The Balaban J connectivity index is 2.13. The molecule has 0 atom stereocenters. The minimum Gasteiger partial charge on any atom is -0.313 e. The highest BCUT2D eigenvalue weighted by molar-refractivity contribution is 7.92. The lowest BCUT2D eigenvalue weighted by Crippen LogP contribution is -2.32. The Hall–Kier alpha value is -2.34. The first-order chi connectivity index (χ1) is 10.9. The molecule has 0 N–H and O–H groups in total. The van der Waals surface area contributed by atoms with Crippen LogP contribution in [0.1, 0.15) is 12.0 Å². The second-order valence-corrected chi connectivity index (χ2v) is 7.44. The molecular formula is C17H18N2O3S. The molecule has 0 saturated heterocycles. The van der Waals surface area contributed by atoms with E-state index in [4.69, 9.17) is 0 Å². The van der Waals surface area contributed by atoms with Crippen LogP contribution in [0.5, 0.6) is 0 Å². The van der Waals surface area contributed by atoms with Gasteiger partial charge in [0.15, 0.2) is 0 Å². The molecule has 0 unspecified atom stereocenters. The molecule has 0 saturated carbocycles. The van der Waals surface area contributed by atoms with Crippen LogP contribution in [-0.4, -0.2) is 27.9 Å². The summed E-state index contributed by atoms with van der Waals surface area (Å²) in [5.41, 5.74) is 2.13. The molecule has 5 nitrogen and oxygen atoms in total. The van der Waals surface area contributed by atoms with E-state index in [1.807, 2.05) is 6.92 Å². The third-order valence-electron chi connectivity index (χ3n) is 4.02. The molecule has 0 bridgehead atoms. The van der Waals surface area contributed by atoms with Crippen molar-refractivity contribution in [1.82, 2.24) is 0 Å². The standard InChI is InChI=1S/C17H18N2O3S/c1-13-7-9-14(10-8-13)23(21,22)19-12-11-17(20)18(2)15-5-3-4-6-16(15)19/h3-10H,11-12H2,1-2H3. The van der Waals surface area contributed by atoms with E-state index in [-0.39, 0.29) is 23.8 Å². The first-order valence-corrected chi connectivity index (χ1v) is 8.80. The van der Waals surface area contributed by atoms with E-state index in [1.54, 1.807) is 55.6 Å². The van der Waals surface area contributed by atoms with E-state index < -0.39 is 10.0 Å². The first kappa shape index (κ1) is 15.6. The molecule has 1 aliphatic heterocycles. The minimum atomic E-state index is -3.71. The molecule has 1 amide bonds. The normalized spacial score (nSPS) is 15.3. The van der Waals surface area contributed by atoms with Gasteiger partial charge in [0.1, 0.15) is 0 Å². The molecule has 0 aliphatic carbocycles. The third kappa shape index (κ3) is 2.70. The maximum atomic E-state index is 13.0. The number of aryl methyl sites for hydroxylation is 1. The van der Waals surface area contributed by atoms with Crippen molar-refractivity contribution in [2.24, 2.45) is 0 Å². The fraction of sp³-hybridized carbons (Fsp3) is 0.235. The molecule has 1 aliphatic rings. The van der Waals surface area contributed by atoms with Crippen LogP contribution in [0.25, 0.3) is 0 Å². The number of carbonyl (C=O) groups is 1. The Labute approximate surface area is 136 Å². The summed E-state index contributed by atoms with van der Waals surface area (Å²) in [5, 5.41) is 0. The summed E-state index contributed by atoms with van der Waals surface area (Å²) in [6.45, 7) is 2.04. The fourth-order valence-electron chi connectivity index (χ4n) is 2.67. The Morgan fingerprint density at radius 3 is 2.22 bits per heavy atom. The molecule has 0 radical (unpaired) electrons. The average Bonchev–Trinajstić information content (AvgIpc) is 2.66. The Kier molecular flexibility index (Phi) is 3.85. The van der Waals surface area contributed by atoms with Gasteiger partial charge in [0.05, 0.1) is 16.3 Å². The van der Waals surface area contributed by atoms with E-state index in [2.05, 4.69) is 0 Å². The Bertz CT molecular complexity index is 844. The van der Waals surface area contributed by atoms with Crippen LogP contribution in [0.4, 0.5) is 11.4 Å². The van der Waals surface area contributed by atoms with Gasteiger partial charge in [-0.3, -0.25) is 9.10 Å². The Morgan fingerprint density at radius 2 is 1.57 bits per heavy atom. The number of sulfonamides is 1. The molecule has 1 heterocycles. The quantitative estimate of drug-likeness (QED) is 0.850. The number of hydrogen-bond acceptors (Lipinski definition) is 3. The molecule has 3 rings (SSSR count). The zero-order valence-corrected chi connectivity index (χ0v) is 13.9. The SMILES string of the molecule is Cc1ccc(S(=O)(=O)N2CCC(=O)N(C)c3ccccc32)cc1. The maximum absolute atomic E-state index is 13.0. The summed E-state index contributed by atoms with van der Waals surface area (Å²) in [5.74, 6) is -0.0981. The smallest absolute Gasteiger partial charge is 0.264 e. The highest BCUT2D eigenvalue weighted by atomic mass is 32.2. The predicted octanol–water partition coefficient (Wildman–Crippen LogP) is 2.56. The third-order valence-corrected chi connectivity index (χ3v) is 5.85. The molecule has 23 heavy (non-hydrogen) atoms. The monoisotopic (exact) mass is 330 g/mol. The summed E-state index contributed by atoms with van der Waals surface area (Å²) in [6.07, 6.45) is 0.149. The summed E-state index contributed by atoms with van der Waals surface area (Å²) in [7, 11) is -2.04. The van der Waals surface area contributed by atoms with Gasteiger partial charge >= 0.3 is 0 Å². The number of benzene rings is 2. The highest BCUT2D eigenvalue weighted by Crippen LogP contribution is 2.35. The molecule has 120 valence electrons. The van der Waals surface area contributed by atoms with Crippen molar-refractivity contribution in [3.8, 4) is 0 Å². The zero-order valence-electron chi connectivity index (χ0n) is 13.1. The van der Waals surface area contributed by atoms with Crippen LogP contribution < -0.4 is 9.21 Å². The lowest BCUT2D eigenvalue weighted by atomic mass is 10.2. The van der Waals surface area contributed by atoms with Crippen molar-refractivity contribution in [2.75, 3.05) is 22.8 Å². The first-order valence-electron chi connectivity index (χ1n) is 7.36. The lowest BCUT2D eigenvalue weighted by Gasteiger charge is -2.25. The van der Waals surface area contributed by atoms with Gasteiger partial charge < -0.3 is 4.90 Å². The molecule has 2 aromatic rings. The van der Waals surface area contributed by atoms with Gasteiger partial charge in [-0.1, -0.05) is 29.8 Å². The number of rotatable bonds is 2. The van der Waals surface area contributed by atoms with Gasteiger partial charge in [0.25, 0.3) is 10.0 Å². The van der Waals surface area contributed by atoms with Crippen molar-refractivity contribution >= 4 is 27.3 Å². The van der Waals surface area contributed by atoms with E-state index in [9.17, 15) is 13.2 Å². The minimum absolute atomic E-state index is 0.0981. The van der Waals surface area contributed by atoms with Gasteiger partial charge in [-0.15, -0.1) is 0 Å². The fourth-order valence-corrected chi connectivity index (χ4v) is 4.14. The van der Waals surface area contributed by atoms with Gasteiger partial charge in [-0.2, -0.15) is 0 Å². The van der Waals surface area contributed by atoms with Crippen LogP contribution in [0.15, 0.2) is 53.4 Å². The Morgan fingerprint density at radius 1 is 0.957 bits per heavy atom. The lowest BCUT2D eigenvalue weighted by molar-refractivity contribution is -0.118. The van der Waals surface area contributed by atoms with Crippen molar-refractivity contribution in [3.63, 3.8) is 0 Å². The number of amides is 1. The number of hydrogen-bond donors (Lipinski definition) is 0. The van der Waals surface area contributed by atoms with E-state index >= 15 is 0 Å². The summed E-state index contributed by atoms with van der Waals surface area (Å²) in [4.78, 5) is 13.9. The van der Waals surface area contributed by atoms with Gasteiger partial charge in [0.2, 0.25) is 5.91 Å². The van der Waals surface area contributed by atoms with Crippen molar-refractivity contribution in [1.29, 1.82) is 0 Å². The average molecular weight is 330 g/mol. The second-order valence-electron chi connectivity index (χ2n) is 5.58. The number of carbonyl (C=O) groups excluding carboxylic acids is 1. The van der Waals surface area contributed by atoms with Crippen LogP contribution in [0.2, 0.25) is 0 Å². The topological polar surface area (TPSA) is 57.7 Å². The molecular weight excluding hydrogens is 312 g/mol. The molecule has 0 aromatic heterocycles. The predicted molar refractivity (Wildman–Crippen MR) is 90.2 cm³/mol. The molecule has 2 aromatic carbocycles. The van der Waals surface area contributed by atoms with Gasteiger partial charge in [-0.25, -0.2) is 8.42 Å². The van der Waals surface area contributed by atoms with Crippen molar-refractivity contribution in [2.45, 2.75) is 18.2 Å². The number of anilines is 2. The van der Waals surface area contributed by atoms with Crippen LogP contribution in [0, 0.1) is 6.92 Å². The van der Waals surface area contributed by atoms with Crippen molar-refractivity contribution < 1.29 is 13.2 Å². The van der Waals surface area contributed by atoms with E-state index in [0.29, 0.717) is 11.4 Å². The zero-order chi connectivity index (χ0) is 16.6. The number of nitrogens with zero attached hydrogens (tertiary/aromatic N) is 2. The van der Waals surface area contributed by atoms with Crippen LogP contribution in [0.3, 0.4) is 0 Å². The van der Waals surface area contributed by atoms with Gasteiger partial charge in [0, 0.05) is 20.0 Å². The van der Waals surface area contributed by atoms with Crippen molar-refractivity contribution in [3.05, 3.63) is 54.1 Å².